The molecule has 7 aromatic carbocycles. The van der Waals surface area contributed by atoms with Crippen LogP contribution in [0.5, 0.6) is 0 Å². The molecule has 0 amide bonds. The number of benzene rings is 7. The van der Waals surface area contributed by atoms with Crippen LogP contribution < -0.4 is 9.80 Å². The average Bonchev–Trinajstić information content (AvgIpc) is 3.07. The summed E-state index contributed by atoms with van der Waals surface area (Å²) in [4.78, 5) is 5.05. The molecule has 46 heavy (non-hydrogen) atoms. The molecule has 0 saturated heterocycles. The van der Waals surface area contributed by atoms with Crippen molar-refractivity contribution in [1.29, 1.82) is 0 Å². The van der Waals surface area contributed by atoms with Crippen molar-refractivity contribution >= 4 is 66.4 Å². The lowest BCUT2D eigenvalue weighted by Gasteiger charge is -2.46. The van der Waals surface area contributed by atoms with Crippen LogP contribution >= 0.6 is 0 Å². The Bertz CT molecular complexity index is 2180. The Hall–Kier alpha value is -5.08. The molecular formula is C44H38N2. The van der Waals surface area contributed by atoms with E-state index in [1.165, 1.54) is 90.4 Å². The fourth-order valence-electron chi connectivity index (χ4n) is 7.97. The molecule has 2 nitrogen and oxygen atoms in total. The fourth-order valence-corrected chi connectivity index (χ4v) is 7.97. The predicted molar refractivity (Wildman–Crippen MR) is 197 cm³/mol. The van der Waals surface area contributed by atoms with Crippen LogP contribution in [-0.4, -0.2) is 0 Å². The van der Waals surface area contributed by atoms with Gasteiger partial charge in [-0.05, 0) is 116 Å². The van der Waals surface area contributed by atoms with Gasteiger partial charge in [-0.3, -0.25) is 0 Å². The Morgan fingerprint density at radius 1 is 0.370 bits per heavy atom. The van der Waals surface area contributed by atoms with Crippen molar-refractivity contribution in [2.45, 2.75) is 51.4 Å². The van der Waals surface area contributed by atoms with Crippen LogP contribution in [0.2, 0.25) is 0 Å². The third-order valence-corrected chi connectivity index (χ3v) is 10.7. The number of fused-ring (bicyclic) bond motifs is 6. The Balaban J connectivity index is 1.40. The summed E-state index contributed by atoms with van der Waals surface area (Å²) >= 11 is 0. The van der Waals surface area contributed by atoms with Crippen LogP contribution in [0.15, 0.2) is 133 Å². The molecule has 0 saturated carbocycles. The zero-order valence-electron chi connectivity index (χ0n) is 27.0. The molecule has 1 aliphatic carbocycles. The van der Waals surface area contributed by atoms with E-state index in [2.05, 4.69) is 171 Å². The Labute approximate surface area is 271 Å². The first-order valence-corrected chi connectivity index (χ1v) is 16.6. The first kappa shape index (κ1) is 27.2. The van der Waals surface area contributed by atoms with E-state index < -0.39 is 0 Å². The van der Waals surface area contributed by atoms with Gasteiger partial charge in [0.2, 0.25) is 0 Å². The van der Waals surface area contributed by atoms with E-state index in [1.807, 2.05) is 0 Å². The van der Waals surface area contributed by atoms with E-state index in [-0.39, 0.29) is 10.8 Å². The lowest BCUT2D eigenvalue weighted by molar-refractivity contribution is 0.332. The minimum atomic E-state index is 0.0897. The molecule has 1 heterocycles. The van der Waals surface area contributed by atoms with Gasteiger partial charge in [-0.15, -0.1) is 0 Å². The lowest BCUT2D eigenvalue weighted by atomic mass is 9.63. The number of nitrogens with zero attached hydrogens (tertiary/aromatic N) is 2. The molecule has 0 radical (unpaired) electrons. The standard InChI is InChI=1S/C44H38N2/c1-43(2)21-22-44(3,4)38-28-42-41(27-37(38)43)45(35-19-17-29-11-5-7-13-31(29)23-35)39-25-33-15-9-10-16-34(33)26-40(39)46(42)36-20-18-30-12-6-8-14-32(30)24-36/h5-20,23-28H,21-22H2,1-4H3. The van der Waals surface area contributed by atoms with Gasteiger partial charge in [-0.25, -0.2) is 0 Å². The smallest absolute Gasteiger partial charge is 0.0709 e. The summed E-state index contributed by atoms with van der Waals surface area (Å²) in [5, 5.41) is 7.50. The lowest BCUT2D eigenvalue weighted by Crippen LogP contribution is -2.35. The van der Waals surface area contributed by atoms with E-state index in [0.717, 1.165) is 0 Å². The second kappa shape index (κ2) is 9.71. The molecule has 0 atom stereocenters. The van der Waals surface area contributed by atoms with Gasteiger partial charge in [0.05, 0.1) is 22.7 Å². The number of rotatable bonds is 2. The quantitative estimate of drug-likeness (QED) is 0.196. The highest BCUT2D eigenvalue weighted by Crippen LogP contribution is 2.59. The summed E-state index contributed by atoms with van der Waals surface area (Å²) in [6.45, 7) is 9.72. The first-order chi connectivity index (χ1) is 22.3. The molecule has 2 aliphatic rings. The Morgan fingerprint density at radius 2 is 0.696 bits per heavy atom. The van der Waals surface area contributed by atoms with E-state index in [9.17, 15) is 0 Å². The number of hydrogen-bond acceptors (Lipinski definition) is 2. The van der Waals surface area contributed by atoms with Crippen LogP contribution in [-0.2, 0) is 10.8 Å². The van der Waals surface area contributed by atoms with Crippen molar-refractivity contribution < 1.29 is 0 Å². The van der Waals surface area contributed by atoms with Crippen LogP contribution in [0.4, 0.5) is 34.1 Å². The van der Waals surface area contributed by atoms with E-state index in [0.29, 0.717) is 0 Å². The summed E-state index contributed by atoms with van der Waals surface area (Å²) in [5.41, 5.74) is 10.3. The summed E-state index contributed by atoms with van der Waals surface area (Å²) < 4.78 is 0. The molecule has 0 unspecified atom stereocenters. The molecule has 0 fully saturated rings. The van der Waals surface area contributed by atoms with Gasteiger partial charge in [0.15, 0.2) is 0 Å². The summed E-state index contributed by atoms with van der Waals surface area (Å²) in [6.07, 6.45) is 2.36. The molecule has 9 rings (SSSR count). The molecule has 0 aromatic heterocycles. The molecule has 0 N–H and O–H groups in total. The summed E-state index contributed by atoms with van der Waals surface area (Å²) in [7, 11) is 0. The monoisotopic (exact) mass is 594 g/mol. The normalized spacial score (nSPS) is 16.3. The van der Waals surface area contributed by atoms with Crippen LogP contribution in [0.3, 0.4) is 0 Å². The zero-order valence-corrected chi connectivity index (χ0v) is 27.0. The maximum Gasteiger partial charge on any atom is 0.0709 e. The van der Waals surface area contributed by atoms with Crippen molar-refractivity contribution in [2.24, 2.45) is 0 Å². The van der Waals surface area contributed by atoms with Crippen LogP contribution in [0, 0.1) is 0 Å². The van der Waals surface area contributed by atoms with Gasteiger partial charge in [0.25, 0.3) is 0 Å². The molecule has 224 valence electrons. The highest BCUT2D eigenvalue weighted by Gasteiger charge is 2.41. The van der Waals surface area contributed by atoms with E-state index >= 15 is 0 Å². The van der Waals surface area contributed by atoms with Crippen molar-refractivity contribution in [1.82, 2.24) is 0 Å². The predicted octanol–water partition coefficient (Wildman–Crippen LogP) is 12.7. The molecule has 0 bridgehead atoms. The third kappa shape index (κ3) is 4.09. The highest BCUT2D eigenvalue weighted by molar-refractivity contribution is 6.08. The van der Waals surface area contributed by atoms with Crippen molar-refractivity contribution in [2.75, 3.05) is 9.80 Å². The van der Waals surface area contributed by atoms with Gasteiger partial charge < -0.3 is 9.80 Å². The minimum Gasteiger partial charge on any atom is -0.306 e. The number of anilines is 6. The van der Waals surface area contributed by atoms with Crippen molar-refractivity contribution in [3.05, 3.63) is 145 Å². The maximum atomic E-state index is 2.53. The molecule has 1 aliphatic heterocycles. The van der Waals surface area contributed by atoms with Gasteiger partial charge in [0, 0.05) is 11.4 Å². The molecule has 0 spiro atoms. The largest absolute Gasteiger partial charge is 0.306 e. The van der Waals surface area contributed by atoms with Crippen molar-refractivity contribution in [3.63, 3.8) is 0 Å². The highest BCUT2D eigenvalue weighted by atomic mass is 15.3. The Morgan fingerprint density at radius 3 is 1.09 bits per heavy atom. The van der Waals surface area contributed by atoms with Crippen LogP contribution in [0.1, 0.15) is 51.7 Å². The minimum absolute atomic E-state index is 0.0897. The maximum absolute atomic E-state index is 2.53. The second-order valence-electron chi connectivity index (χ2n) is 14.6. The third-order valence-electron chi connectivity index (χ3n) is 10.7. The van der Waals surface area contributed by atoms with Crippen molar-refractivity contribution in [3.8, 4) is 0 Å². The second-order valence-corrected chi connectivity index (χ2v) is 14.6. The SMILES string of the molecule is CC1(C)CCC(C)(C)c2cc3c(cc21)N(c1ccc2ccccc2c1)c1cc2ccccc2cc1N3c1ccc2ccccc2c1. The number of hydrogen-bond donors (Lipinski definition) is 0. The Kier molecular flexibility index (Phi) is 5.75. The topological polar surface area (TPSA) is 6.48 Å². The molecular weight excluding hydrogens is 556 g/mol. The van der Waals surface area contributed by atoms with Gasteiger partial charge in [-0.1, -0.05) is 113 Å². The van der Waals surface area contributed by atoms with Gasteiger partial charge >= 0.3 is 0 Å². The zero-order chi connectivity index (χ0) is 31.2. The summed E-state index contributed by atoms with van der Waals surface area (Å²) in [6, 6.07) is 49.9. The molecule has 7 aromatic rings. The summed E-state index contributed by atoms with van der Waals surface area (Å²) in [5.74, 6) is 0. The average molecular weight is 595 g/mol. The van der Waals surface area contributed by atoms with Gasteiger partial charge in [0.1, 0.15) is 0 Å². The van der Waals surface area contributed by atoms with E-state index in [1.54, 1.807) is 0 Å². The van der Waals surface area contributed by atoms with Crippen LogP contribution in [0.25, 0.3) is 32.3 Å². The fraction of sp³-hybridized carbons (Fsp3) is 0.182. The van der Waals surface area contributed by atoms with Gasteiger partial charge in [-0.2, -0.15) is 0 Å². The molecule has 2 heteroatoms. The van der Waals surface area contributed by atoms with E-state index in [4.69, 9.17) is 0 Å². The first-order valence-electron chi connectivity index (χ1n) is 16.6.